The number of aliphatic carboxylic acids is 1. The van der Waals surface area contributed by atoms with E-state index in [2.05, 4.69) is 0 Å². The Balaban J connectivity index is 2.56. The molecular weight excluding hydrogens is 230 g/mol. The Kier molecular flexibility index (Phi) is 4.63. The molecule has 92 valence electrons. The Morgan fingerprint density at radius 3 is 2.82 bits per heavy atom. The van der Waals surface area contributed by atoms with Gasteiger partial charge in [-0.05, 0) is 19.1 Å². The normalized spacial score (nSPS) is 12.6. The molecule has 0 saturated carbocycles. The van der Waals surface area contributed by atoms with Gasteiger partial charge < -0.3 is 9.84 Å². The second kappa shape index (κ2) is 5.98. The maximum Gasteiger partial charge on any atom is 0.327 e. The van der Waals surface area contributed by atoms with Crippen molar-refractivity contribution >= 4 is 5.97 Å². The summed E-state index contributed by atoms with van der Waals surface area (Å²) in [4.78, 5) is 10.2. The Labute approximate surface area is 97.3 Å². The van der Waals surface area contributed by atoms with E-state index < -0.39 is 23.7 Å². The lowest BCUT2D eigenvalue weighted by Crippen LogP contribution is -2.11. The van der Waals surface area contributed by atoms with Gasteiger partial charge in [0.25, 0.3) is 0 Å². The molecule has 0 bridgehead atoms. The topological polar surface area (TPSA) is 46.5 Å². The standard InChI is InChI=1S/C12H12F2O3/c1-8(3-2-4-12(15)16)17-11-6-5-9(13)7-10(11)14/h2,4-8H,3H2,1H3,(H,15,16)/b4-2+. The first-order chi connectivity index (χ1) is 7.99. The summed E-state index contributed by atoms with van der Waals surface area (Å²) in [5, 5.41) is 8.36. The second-order valence-electron chi connectivity index (χ2n) is 3.48. The van der Waals surface area contributed by atoms with Crippen molar-refractivity contribution in [3.05, 3.63) is 42.0 Å². The van der Waals surface area contributed by atoms with Gasteiger partial charge in [0.2, 0.25) is 0 Å². The number of hydrogen-bond acceptors (Lipinski definition) is 2. The van der Waals surface area contributed by atoms with E-state index in [1.54, 1.807) is 6.92 Å². The number of halogens is 2. The number of ether oxygens (including phenoxy) is 1. The van der Waals surface area contributed by atoms with Gasteiger partial charge in [-0.25, -0.2) is 13.6 Å². The van der Waals surface area contributed by atoms with Crippen LogP contribution in [0.5, 0.6) is 5.75 Å². The molecule has 0 aliphatic carbocycles. The Hall–Kier alpha value is -1.91. The molecule has 1 N–H and O–H groups in total. The molecule has 1 aromatic carbocycles. The fourth-order valence-electron chi connectivity index (χ4n) is 1.20. The molecule has 0 fully saturated rings. The van der Waals surface area contributed by atoms with Crippen molar-refractivity contribution in [2.75, 3.05) is 0 Å². The lowest BCUT2D eigenvalue weighted by atomic mass is 10.2. The maximum absolute atomic E-state index is 13.2. The highest BCUT2D eigenvalue weighted by atomic mass is 19.1. The van der Waals surface area contributed by atoms with E-state index in [1.807, 2.05) is 0 Å². The van der Waals surface area contributed by atoms with Crippen molar-refractivity contribution in [1.82, 2.24) is 0 Å². The minimum Gasteiger partial charge on any atom is -0.487 e. The summed E-state index contributed by atoms with van der Waals surface area (Å²) in [5.74, 6) is -2.56. The van der Waals surface area contributed by atoms with Gasteiger partial charge in [-0.3, -0.25) is 0 Å². The molecule has 0 aliphatic heterocycles. The molecule has 0 heterocycles. The van der Waals surface area contributed by atoms with Gasteiger partial charge in [0.15, 0.2) is 11.6 Å². The van der Waals surface area contributed by atoms with Gasteiger partial charge in [0.1, 0.15) is 5.82 Å². The monoisotopic (exact) mass is 242 g/mol. The Bertz CT molecular complexity index is 430. The van der Waals surface area contributed by atoms with Crippen LogP contribution in [0.2, 0.25) is 0 Å². The highest BCUT2D eigenvalue weighted by Crippen LogP contribution is 2.19. The van der Waals surface area contributed by atoms with Gasteiger partial charge in [-0.1, -0.05) is 6.08 Å². The van der Waals surface area contributed by atoms with E-state index in [1.165, 1.54) is 12.1 Å². The highest BCUT2D eigenvalue weighted by molar-refractivity contribution is 5.79. The fraction of sp³-hybridized carbons (Fsp3) is 0.250. The van der Waals surface area contributed by atoms with Crippen LogP contribution in [0.4, 0.5) is 8.78 Å². The van der Waals surface area contributed by atoms with E-state index >= 15 is 0 Å². The van der Waals surface area contributed by atoms with Gasteiger partial charge in [-0.2, -0.15) is 0 Å². The minimum atomic E-state index is -1.05. The lowest BCUT2D eigenvalue weighted by molar-refractivity contribution is -0.131. The molecular formula is C12H12F2O3. The molecule has 1 unspecified atom stereocenters. The fourth-order valence-corrected chi connectivity index (χ4v) is 1.20. The van der Waals surface area contributed by atoms with E-state index in [0.29, 0.717) is 6.42 Å². The molecule has 0 aromatic heterocycles. The van der Waals surface area contributed by atoms with Crippen LogP contribution in [0, 0.1) is 11.6 Å². The molecule has 17 heavy (non-hydrogen) atoms. The molecule has 0 amide bonds. The molecule has 0 spiro atoms. The average molecular weight is 242 g/mol. The first-order valence-corrected chi connectivity index (χ1v) is 5.00. The molecule has 1 atom stereocenters. The van der Waals surface area contributed by atoms with Crippen LogP contribution >= 0.6 is 0 Å². The van der Waals surface area contributed by atoms with Gasteiger partial charge in [-0.15, -0.1) is 0 Å². The summed E-state index contributed by atoms with van der Waals surface area (Å²) >= 11 is 0. The molecule has 0 saturated heterocycles. The van der Waals surface area contributed by atoms with Crippen LogP contribution < -0.4 is 4.74 Å². The summed E-state index contributed by atoms with van der Waals surface area (Å²) in [6, 6.07) is 3.02. The van der Waals surface area contributed by atoms with Gasteiger partial charge >= 0.3 is 5.97 Å². The number of rotatable bonds is 5. The number of carboxylic acids is 1. The van der Waals surface area contributed by atoms with E-state index in [0.717, 1.165) is 18.2 Å². The molecule has 0 radical (unpaired) electrons. The Morgan fingerprint density at radius 1 is 1.53 bits per heavy atom. The van der Waals surface area contributed by atoms with Crippen molar-refractivity contribution in [2.45, 2.75) is 19.4 Å². The molecule has 0 aliphatic rings. The van der Waals surface area contributed by atoms with Crippen LogP contribution in [0.1, 0.15) is 13.3 Å². The smallest absolute Gasteiger partial charge is 0.327 e. The molecule has 5 heteroatoms. The Morgan fingerprint density at radius 2 is 2.24 bits per heavy atom. The van der Waals surface area contributed by atoms with Crippen molar-refractivity contribution < 1.29 is 23.4 Å². The van der Waals surface area contributed by atoms with Crippen LogP contribution in [-0.2, 0) is 4.79 Å². The second-order valence-corrected chi connectivity index (χ2v) is 3.48. The third-order valence-electron chi connectivity index (χ3n) is 1.95. The first-order valence-electron chi connectivity index (χ1n) is 5.00. The first kappa shape index (κ1) is 13.2. The van der Waals surface area contributed by atoms with Crippen molar-refractivity contribution in [2.24, 2.45) is 0 Å². The quantitative estimate of drug-likeness (QED) is 0.807. The summed E-state index contributed by atoms with van der Waals surface area (Å²) in [6.07, 6.45) is 2.32. The van der Waals surface area contributed by atoms with Crippen molar-refractivity contribution in [3.63, 3.8) is 0 Å². The maximum atomic E-state index is 13.2. The van der Waals surface area contributed by atoms with Crippen LogP contribution in [0.15, 0.2) is 30.4 Å². The minimum absolute atomic E-state index is 0.0531. The zero-order valence-electron chi connectivity index (χ0n) is 9.19. The SMILES string of the molecule is CC(C/C=C/C(=O)O)Oc1ccc(F)cc1F. The molecule has 1 aromatic rings. The van der Waals surface area contributed by atoms with Gasteiger partial charge in [0.05, 0.1) is 6.10 Å². The largest absolute Gasteiger partial charge is 0.487 e. The van der Waals surface area contributed by atoms with Crippen molar-refractivity contribution in [3.8, 4) is 5.75 Å². The zero-order chi connectivity index (χ0) is 12.8. The number of carbonyl (C=O) groups is 1. The molecule has 1 rings (SSSR count). The van der Waals surface area contributed by atoms with Crippen LogP contribution in [0.3, 0.4) is 0 Å². The summed E-state index contributed by atoms with van der Waals surface area (Å²) in [7, 11) is 0. The summed E-state index contributed by atoms with van der Waals surface area (Å²) in [5.41, 5.74) is 0. The predicted octanol–water partition coefficient (Wildman–Crippen LogP) is 2.76. The molecule has 3 nitrogen and oxygen atoms in total. The third kappa shape index (κ3) is 4.63. The number of hydrogen-bond donors (Lipinski definition) is 1. The van der Waals surface area contributed by atoms with Crippen LogP contribution in [0.25, 0.3) is 0 Å². The summed E-state index contributed by atoms with van der Waals surface area (Å²) < 4.78 is 31.0. The average Bonchev–Trinajstić information content (AvgIpc) is 2.21. The van der Waals surface area contributed by atoms with E-state index in [9.17, 15) is 13.6 Å². The van der Waals surface area contributed by atoms with Crippen LogP contribution in [-0.4, -0.2) is 17.2 Å². The van der Waals surface area contributed by atoms with Gasteiger partial charge in [0, 0.05) is 18.6 Å². The predicted molar refractivity (Wildman–Crippen MR) is 57.8 cm³/mol. The third-order valence-corrected chi connectivity index (χ3v) is 1.95. The van der Waals surface area contributed by atoms with Crippen molar-refractivity contribution in [1.29, 1.82) is 0 Å². The lowest BCUT2D eigenvalue weighted by Gasteiger charge is -2.13. The number of carboxylic acid groups (broad SMARTS) is 1. The highest BCUT2D eigenvalue weighted by Gasteiger charge is 2.08. The number of benzene rings is 1. The van der Waals surface area contributed by atoms with E-state index in [-0.39, 0.29) is 5.75 Å². The summed E-state index contributed by atoms with van der Waals surface area (Å²) in [6.45, 7) is 1.66. The zero-order valence-corrected chi connectivity index (χ0v) is 9.19. The van der Waals surface area contributed by atoms with E-state index in [4.69, 9.17) is 9.84 Å².